The molecule has 0 radical (unpaired) electrons. The SMILES string of the molecule is Cc1cc(C)cc(N(CC(=O)N/N=C\c2ccco2)S(C)(=O)=O)c1. The van der Waals surface area contributed by atoms with Crippen LogP contribution in [-0.2, 0) is 14.8 Å². The van der Waals surface area contributed by atoms with Crippen molar-refractivity contribution in [3.8, 4) is 0 Å². The standard InChI is InChI=1S/C16H19N3O4S/c1-12-7-13(2)9-14(8-12)19(24(3,21)22)11-16(20)18-17-10-15-5-4-6-23-15/h4-10H,11H2,1-3H3,(H,18,20)/b17-10-. The van der Waals surface area contributed by atoms with E-state index < -0.39 is 15.9 Å². The molecule has 0 aliphatic carbocycles. The van der Waals surface area contributed by atoms with E-state index in [0.717, 1.165) is 21.7 Å². The number of anilines is 1. The molecular formula is C16H19N3O4S. The molecule has 0 unspecified atom stereocenters. The molecule has 8 heteroatoms. The van der Waals surface area contributed by atoms with E-state index in [2.05, 4.69) is 10.5 Å². The zero-order valence-corrected chi connectivity index (χ0v) is 14.5. The first-order chi connectivity index (χ1) is 11.3. The lowest BCUT2D eigenvalue weighted by molar-refractivity contribution is -0.119. The third-order valence-corrected chi connectivity index (χ3v) is 4.25. The fourth-order valence-corrected chi connectivity index (χ4v) is 3.03. The van der Waals surface area contributed by atoms with E-state index in [-0.39, 0.29) is 6.54 Å². The molecule has 2 aromatic rings. The fourth-order valence-electron chi connectivity index (χ4n) is 2.19. The van der Waals surface area contributed by atoms with Gasteiger partial charge in [0.25, 0.3) is 5.91 Å². The normalized spacial score (nSPS) is 11.6. The van der Waals surface area contributed by atoms with Gasteiger partial charge in [0.2, 0.25) is 10.0 Å². The molecule has 7 nitrogen and oxygen atoms in total. The van der Waals surface area contributed by atoms with E-state index in [1.54, 1.807) is 24.3 Å². The minimum absolute atomic E-state index is 0.364. The second kappa shape index (κ2) is 7.31. The van der Waals surface area contributed by atoms with Crippen molar-refractivity contribution in [3.63, 3.8) is 0 Å². The van der Waals surface area contributed by atoms with E-state index in [1.165, 1.54) is 12.5 Å². The first kappa shape index (κ1) is 17.7. The first-order valence-corrected chi connectivity index (χ1v) is 9.02. The summed E-state index contributed by atoms with van der Waals surface area (Å²) < 4.78 is 30.2. The van der Waals surface area contributed by atoms with Gasteiger partial charge in [-0.05, 0) is 49.2 Å². The van der Waals surface area contributed by atoms with Gasteiger partial charge < -0.3 is 4.42 Å². The Morgan fingerprint density at radius 1 is 1.29 bits per heavy atom. The average molecular weight is 349 g/mol. The summed E-state index contributed by atoms with van der Waals surface area (Å²) in [5.74, 6) is -0.0769. The Balaban J connectivity index is 2.13. The van der Waals surface area contributed by atoms with Crippen LogP contribution in [0.4, 0.5) is 5.69 Å². The van der Waals surface area contributed by atoms with Gasteiger partial charge in [-0.1, -0.05) is 6.07 Å². The number of amides is 1. The fraction of sp³-hybridized carbons (Fsp3) is 0.250. The highest BCUT2D eigenvalue weighted by molar-refractivity contribution is 7.92. The summed E-state index contributed by atoms with van der Waals surface area (Å²) >= 11 is 0. The summed E-state index contributed by atoms with van der Waals surface area (Å²) in [6.45, 7) is 3.37. The van der Waals surface area contributed by atoms with E-state index in [9.17, 15) is 13.2 Å². The number of carbonyl (C=O) groups excluding carboxylic acids is 1. The Morgan fingerprint density at radius 3 is 2.50 bits per heavy atom. The zero-order valence-electron chi connectivity index (χ0n) is 13.7. The number of hydrogen-bond acceptors (Lipinski definition) is 5. The molecule has 0 atom stereocenters. The molecule has 1 N–H and O–H groups in total. The predicted molar refractivity (Wildman–Crippen MR) is 92.6 cm³/mol. The van der Waals surface area contributed by atoms with Gasteiger partial charge in [-0.3, -0.25) is 9.10 Å². The lowest BCUT2D eigenvalue weighted by Gasteiger charge is -2.22. The molecule has 1 amide bonds. The van der Waals surface area contributed by atoms with Gasteiger partial charge in [0.15, 0.2) is 0 Å². The summed E-state index contributed by atoms with van der Waals surface area (Å²) in [5, 5.41) is 3.74. The lowest BCUT2D eigenvalue weighted by atomic mass is 10.1. The van der Waals surface area contributed by atoms with Gasteiger partial charge in [-0.15, -0.1) is 0 Å². The zero-order chi connectivity index (χ0) is 17.7. The van der Waals surface area contributed by atoms with E-state index in [0.29, 0.717) is 11.4 Å². The van der Waals surface area contributed by atoms with Crippen molar-refractivity contribution in [3.05, 3.63) is 53.5 Å². The molecule has 24 heavy (non-hydrogen) atoms. The third kappa shape index (κ3) is 4.95. The molecule has 2 rings (SSSR count). The second-order valence-electron chi connectivity index (χ2n) is 5.42. The molecule has 0 aliphatic rings. The minimum atomic E-state index is -3.61. The minimum Gasteiger partial charge on any atom is -0.463 e. The highest BCUT2D eigenvalue weighted by Gasteiger charge is 2.21. The van der Waals surface area contributed by atoms with E-state index in [4.69, 9.17) is 4.42 Å². The molecule has 128 valence electrons. The number of carbonyl (C=O) groups is 1. The molecule has 0 saturated carbocycles. The van der Waals surface area contributed by atoms with Crippen molar-refractivity contribution in [1.82, 2.24) is 5.43 Å². The van der Waals surface area contributed by atoms with Gasteiger partial charge in [0.1, 0.15) is 12.3 Å². The van der Waals surface area contributed by atoms with Crippen LogP contribution < -0.4 is 9.73 Å². The summed E-state index contributed by atoms with van der Waals surface area (Å²) in [7, 11) is -3.61. The number of furan rings is 1. The van der Waals surface area contributed by atoms with Gasteiger partial charge in [-0.2, -0.15) is 5.10 Å². The molecule has 0 spiro atoms. The van der Waals surface area contributed by atoms with Gasteiger partial charge in [0, 0.05) is 0 Å². The maximum absolute atomic E-state index is 12.0. The molecule has 0 fully saturated rings. The molecule has 0 aliphatic heterocycles. The van der Waals surface area contributed by atoms with Crippen LogP contribution in [0.25, 0.3) is 0 Å². The molecule has 0 saturated heterocycles. The predicted octanol–water partition coefficient (Wildman–Crippen LogP) is 1.81. The number of benzene rings is 1. The highest BCUT2D eigenvalue weighted by Crippen LogP contribution is 2.21. The van der Waals surface area contributed by atoms with Crippen LogP contribution in [-0.4, -0.2) is 33.3 Å². The number of hydrogen-bond donors (Lipinski definition) is 1. The Labute approximate surface area is 141 Å². The highest BCUT2D eigenvalue weighted by atomic mass is 32.2. The Hall–Kier alpha value is -2.61. The monoisotopic (exact) mass is 349 g/mol. The smallest absolute Gasteiger partial charge is 0.260 e. The van der Waals surface area contributed by atoms with Gasteiger partial charge in [0.05, 0.1) is 24.4 Å². The van der Waals surface area contributed by atoms with Crippen molar-refractivity contribution < 1.29 is 17.6 Å². The Kier molecular flexibility index (Phi) is 5.40. The first-order valence-electron chi connectivity index (χ1n) is 7.17. The number of aryl methyl sites for hydroxylation is 2. The van der Waals surface area contributed by atoms with Crippen LogP contribution >= 0.6 is 0 Å². The molecule has 1 aromatic carbocycles. The van der Waals surface area contributed by atoms with Crippen molar-refractivity contribution in [2.24, 2.45) is 5.10 Å². The third-order valence-electron chi connectivity index (χ3n) is 3.11. The van der Waals surface area contributed by atoms with Crippen molar-refractivity contribution in [2.75, 3.05) is 17.1 Å². The maximum atomic E-state index is 12.0. The Bertz CT molecular complexity index is 822. The number of nitrogens with zero attached hydrogens (tertiary/aromatic N) is 2. The van der Waals surface area contributed by atoms with Crippen LogP contribution in [0.2, 0.25) is 0 Å². The lowest BCUT2D eigenvalue weighted by Crippen LogP contribution is -2.39. The Morgan fingerprint density at radius 2 is 1.96 bits per heavy atom. The summed E-state index contributed by atoms with van der Waals surface area (Å²) in [5.41, 5.74) is 4.56. The quantitative estimate of drug-likeness (QED) is 0.636. The van der Waals surface area contributed by atoms with Gasteiger partial charge >= 0.3 is 0 Å². The summed E-state index contributed by atoms with van der Waals surface area (Å²) in [4.78, 5) is 12.0. The number of sulfonamides is 1. The topological polar surface area (TPSA) is 92.0 Å². The molecule has 1 aromatic heterocycles. The van der Waals surface area contributed by atoms with Gasteiger partial charge in [-0.25, -0.2) is 13.8 Å². The maximum Gasteiger partial charge on any atom is 0.260 e. The van der Waals surface area contributed by atoms with Crippen LogP contribution in [0.15, 0.2) is 46.1 Å². The van der Waals surface area contributed by atoms with Crippen molar-refractivity contribution >= 4 is 27.8 Å². The largest absolute Gasteiger partial charge is 0.463 e. The van der Waals surface area contributed by atoms with Crippen LogP contribution in [0, 0.1) is 13.8 Å². The number of rotatable bonds is 6. The van der Waals surface area contributed by atoms with E-state index in [1.807, 2.05) is 19.9 Å². The van der Waals surface area contributed by atoms with Crippen LogP contribution in [0.5, 0.6) is 0 Å². The molecular weight excluding hydrogens is 330 g/mol. The number of nitrogens with one attached hydrogen (secondary N) is 1. The summed E-state index contributed by atoms with van der Waals surface area (Å²) in [6, 6.07) is 8.72. The molecule has 0 bridgehead atoms. The van der Waals surface area contributed by atoms with Crippen molar-refractivity contribution in [1.29, 1.82) is 0 Å². The second-order valence-corrected chi connectivity index (χ2v) is 7.33. The molecule has 1 heterocycles. The van der Waals surface area contributed by atoms with Crippen molar-refractivity contribution in [2.45, 2.75) is 13.8 Å². The number of hydrazone groups is 1. The summed E-state index contributed by atoms with van der Waals surface area (Å²) in [6.07, 6.45) is 3.87. The van der Waals surface area contributed by atoms with Crippen LogP contribution in [0.1, 0.15) is 16.9 Å². The van der Waals surface area contributed by atoms with E-state index >= 15 is 0 Å². The average Bonchev–Trinajstić information content (AvgIpc) is 2.95. The van der Waals surface area contributed by atoms with Crippen LogP contribution in [0.3, 0.4) is 0 Å².